The van der Waals surface area contributed by atoms with Crippen molar-refractivity contribution in [2.45, 2.75) is 45.4 Å². The third kappa shape index (κ3) is 7.73. The molecule has 44 heavy (non-hydrogen) atoms. The molecule has 12 heteroatoms. The van der Waals surface area contributed by atoms with Gasteiger partial charge in [-0.15, -0.1) is 0 Å². The predicted octanol–water partition coefficient (Wildman–Crippen LogP) is 3.98. The van der Waals surface area contributed by atoms with Gasteiger partial charge in [0.05, 0.1) is 37.0 Å². The van der Waals surface area contributed by atoms with E-state index in [1.165, 1.54) is 0 Å². The Hall–Kier alpha value is -3.59. The molecular weight excluding hydrogens is 603 g/mol. The number of carboxylic acid groups (broad SMARTS) is 1. The SMILES string of the molecule is C[C@@H]1COCCN1CCCn1nc(-c2ccc(Cl)c(C#Cc3ccc(Cl)c(CNCC(=O)O)c3)c2)c2c1CCN(C(N)=O)C2. The highest BCUT2D eigenvalue weighted by Crippen LogP contribution is 2.32. The molecule has 0 radical (unpaired) electrons. The first-order valence-electron chi connectivity index (χ1n) is 14.7. The Kier molecular flexibility index (Phi) is 10.5. The summed E-state index contributed by atoms with van der Waals surface area (Å²) < 4.78 is 7.66. The van der Waals surface area contributed by atoms with Gasteiger partial charge in [0.25, 0.3) is 0 Å². The van der Waals surface area contributed by atoms with E-state index in [-0.39, 0.29) is 6.54 Å². The number of halogens is 2. The summed E-state index contributed by atoms with van der Waals surface area (Å²) in [6.45, 7) is 7.47. The van der Waals surface area contributed by atoms with Gasteiger partial charge in [0.1, 0.15) is 0 Å². The summed E-state index contributed by atoms with van der Waals surface area (Å²) in [6.07, 6.45) is 1.63. The van der Waals surface area contributed by atoms with Gasteiger partial charge < -0.3 is 25.8 Å². The lowest BCUT2D eigenvalue weighted by Crippen LogP contribution is -2.44. The number of nitrogens with two attached hydrogens (primary N) is 1. The molecule has 3 aromatic rings. The molecule has 0 unspecified atom stereocenters. The molecule has 0 spiro atoms. The molecule has 0 saturated carbocycles. The zero-order valence-electron chi connectivity index (χ0n) is 24.6. The Morgan fingerprint density at radius 3 is 2.73 bits per heavy atom. The summed E-state index contributed by atoms with van der Waals surface area (Å²) in [6, 6.07) is 11.0. The standard InChI is InChI=1S/C32H36Cl2N6O4/c1-21-20-44-14-13-38(21)10-2-11-40-29-9-12-39(32(35)43)19-26(29)31(37-40)24-6-8-27(33)23(16-24)5-3-22-4-7-28(34)25(15-22)17-36-18-30(41)42/h4,6-8,15-16,21,36H,2,9-14,17-20H2,1H3,(H2,35,43)(H,41,42)/t21-/m1/s1. The molecule has 2 amide bonds. The lowest BCUT2D eigenvalue weighted by Gasteiger charge is -2.33. The van der Waals surface area contributed by atoms with Crippen molar-refractivity contribution in [3.05, 3.63) is 74.4 Å². The molecule has 0 aliphatic carbocycles. The Morgan fingerprint density at radius 2 is 1.95 bits per heavy atom. The molecule has 232 valence electrons. The minimum absolute atomic E-state index is 0.168. The second kappa shape index (κ2) is 14.5. The quantitative estimate of drug-likeness (QED) is 0.303. The molecule has 0 bridgehead atoms. The van der Waals surface area contributed by atoms with Gasteiger partial charge >= 0.3 is 12.0 Å². The van der Waals surface area contributed by atoms with Crippen molar-refractivity contribution in [2.75, 3.05) is 39.4 Å². The van der Waals surface area contributed by atoms with Crippen molar-refractivity contribution in [3.63, 3.8) is 0 Å². The second-order valence-corrected chi connectivity index (χ2v) is 11.9. The van der Waals surface area contributed by atoms with Crippen LogP contribution in [-0.4, -0.2) is 82.1 Å². The first-order valence-corrected chi connectivity index (χ1v) is 15.4. The van der Waals surface area contributed by atoms with Crippen LogP contribution < -0.4 is 11.1 Å². The average molecular weight is 640 g/mol. The van der Waals surface area contributed by atoms with Gasteiger partial charge in [0.15, 0.2) is 0 Å². The fraction of sp³-hybridized carbons (Fsp3) is 0.406. The van der Waals surface area contributed by atoms with Gasteiger partial charge in [-0.3, -0.25) is 14.4 Å². The normalized spacial score (nSPS) is 16.7. The maximum absolute atomic E-state index is 12.1. The summed E-state index contributed by atoms with van der Waals surface area (Å²) >= 11 is 12.9. The monoisotopic (exact) mass is 638 g/mol. The smallest absolute Gasteiger partial charge is 0.317 e. The maximum Gasteiger partial charge on any atom is 0.317 e. The Balaban J connectivity index is 1.40. The molecular formula is C32H36Cl2N6O4. The number of aryl methyl sites for hydroxylation is 1. The van der Waals surface area contributed by atoms with Crippen molar-refractivity contribution < 1.29 is 19.4 Å². The zero-order valence-corrected chi connectivity index (χ0v) is 26.1. The minimum atomic E-state index is -0.942. The Bertz CT molecular complexity index is 1600. The highest BCUT2D eigenvalue weighted by Gasteiger charge is 2.27. The summed E-state index contributed by atoms with van der Waals surface area (Å²) in [5.74, 6) is 5.39. The van der Waals surface area contributed by atoms with E-state index in [0.29, 0.717) is 47.7 Å². The number of fused-ring (bicyclic) bond motifs is 1. The zero-order chi connectivity index (χ0) is 31.2. The summed E-state index contributed by atoms with van der Waals surface area (Å²) in [4.78, 5) is 27.0. The number of hydrogen-bond acceptors (Lipinski definition) is 6. The Morgan fingerprint density at radius 1 is 1.14 bits per heavy atom. The summed E-state index contributed by atoms with van der Waals surface area (Å²) in [5.41, 5.74) is 11.5. The number of carbonyl (C=O) groups excluding carboxylic acids is 1. The number of nitrogens with zero attached hydrogens (tertiary/aromatic N) is 4. The fourth-order valence-electron chi connectivity index (χ4n) is 5.61. The maximum atomic E-state index is 12.1. The fourth-order valence-corrected chi connectivity index (χ4v) is 5.96. The number of nitrogens with one attached hydrogen (secondary N) is 1. The number of aliphatic carboxylic acids is 1. The number of amides is 2. The van der Waals surface area contributed by atoms with Crippen molar-refractivity contribution in [1.29, 1.82) is 0 Å². The number of morpholine rings is 1. The number of ether oxygens (including phenoxy) is 1. The highest BCUT2D eigenvalue weighted by atomic mass is 35.5. The number of carbonyl (C=O) groups is 2. The number of urea groups is 1. The average Bonchev–Trinajstić information content (AvgIpc) is 3.36. The molecule has 1 aromatic heterocycles. The van der Waals surface area contributed by atoms with Crippen LogP contribution in [0.2, 0.25) is 10.0 Å². The first kappa shape index (κ1) is 31.8. The van der Waals surface area contributed by atoms with Gasteiger partial charge in [-0.05, 0) is 49.2 Å². The number of primary amides is 1. The van der Waals surface area contributed by atoms with E-state index in [1.54, 1.807) is 11.0 Å². The van der Waals surface area contributed by atoms with E-state index >= 15 is 0 Å². The lowest BCUT2D eigenvalue weighted by molar-refractivity contribution is -0.136. The molecule has 5 rings (SSSR count). The van der Waals surface area contributed by atoms with Crippen LogP contribution in [0.1, 0.15) is 41.3 Å². The molecule has 2 aliphatic rings. The van der Waals surface area contributed by atoms with Gasteiger partial charge in [0.2, 0.25) is 0 Å². The van der Waals surface area contributed by atoms with Crippen LogP contribution in [-0.2, 0) is 35.6 Å². The van der Waals surface area contributed by atoms with E-state index in [1.807, 2.05) is 30.3 Å². The molecule has 2 aromatic carbocycles. The minimum Gasteiger partial charge on any atom is -0.480 e. The number of rotatable bonds is 9. The third-order valence-electron chi connectivity index (χ3n) is 7.98. The second-order valence-electron chi connectivity index (χ2n) is 11.1. The van der Waals surface area contributed by atoms with E-state index < -0.39 is 12.0 Å². The van der Waals surface area contributed by atoms with Crippen LogP contribution >= 0.6 is 23.2 Å². The molecule has 2 aliphatic heterocycles. The Labute approximate surface area is 267 Å². The van der Waals surface area contributed by atoms with Crippen LogP contribution in [0.15, 0.2) is 36.4 Å². The number of hydrogen-bond donors (Lipinski definition) is 3. The highest BCUT2D eigenvalue weighted by molar-refractivity contribution is 6.32. The van der Waals surface area contributed by atoms with Gasteiger partial charge in [-0.1, -0.05) is 41.1 Å². The number of carboxylic acids is 1. The largest absolute Gasteiger partial charge is 0.480 e. The molecule has 4 N–H and O–H groups in total. The molecule has 1 fully saturated rings. The van der Waals surface area contributed by atoms with Gasteiger partial charge in [0, 0.05) is 78.2 Å². The van der Waals surface area contributed by atoms with Crippen molar-refractivity contribution in [1.82, 2.24) is 24.9 Å². The molecule has 3 heterocycles. The molecule has 1 saturated heterocycles. The lowest BCUT2D eigenvalue weighted by atomic mass is 9.99. The van der Waals surface area contributed by atoms with Crippen LogP contribution in [0.3, 0.4) is 0 Å². The molecule has 10 nitrogen and oxygen atoms in total. The van der Waals surface area contributed by atoms with Crippen molar-refractivity contribution >= 4 is 35.2 Å². The van der Waals surface area contributed by atoms with Crippen LogP contribution in [0.4, 0.5) is 4.79 Å². The molecule has 1 atom stereocenters. The van der Waals surface area contributed by atoms with Crippen LogP contribution in [0, 0.1) is 11.8 Å². The first-order chi connectivity index (χ1) is 21.2. The van der Waals surface area contributed by atoms with Crippen molar-refractivity contribution in [3.8, 4) is 23.1 Å². The number of benzene rings is 2. The topological polar surface area (TPSA) is 126 Å². The summed E-state index contributed by atoms with van der Waals surface area (Å²) in [7, 11) is 0. The van der Waals surface area contributed by atoms with Gasteiger partial charge in [-0.25, -0.2) is 4.79 Å². The third-order valence-corrected chi connectivity index (χ3v) is 8.68. The van der Waals surface area contributed by atoms with Crippen LogP contribution in [0.5, 0.6) is 0 Å². The van der Waals surface area contributed by atoms with Crippen LogP contribution in [0.25, 0.3) is 11.3 Å². The van der Waals surface area contributed by atoms with Crippen molar-refractivity contribution in [2.24, 2.45) is 5.73 Å². The van der Waals surface area contributed by atoms with E-state index in [4.69, 9.17) is 43.9 Å². The van der Waals surface area contributed by atoms with Gasteiger partial charge in [-0.2, -0.15) is 5.10 Å². The van der Waals surface area contributed by atoms with E-state index in [2.05, 4.69) is 33.7 Å². The van der Waals surface area contributed by atoms with E-state index in [9.17, 15) is 9.59 Å². The summed E-state index contributed by atoms with van der Waals surface area (Å²) in [5, 5.41) is 17.8. The number of aromatic nitrogens is 2. The predicted molar refractivity (Wildman–Crippen MR) is 170 cm³/mol. The van der Waals surface area contributed by atoms with E-state index in [0.717, 1.165) is 72.9 Å².